The fraction of sp³-hybridized carbons (Fsp3) is 0.300. The average Bonchev–Trinajstić information content (AvgIpc) is 3.03. The van der Waals surface area contributed by atoms with Gasteiger partial charge in [-0.1, -0.05) is 19.1 Å². The van der Waals surface area contributed by atoms with E-state index in [1.165, 1.54) is 11.9 Å². The number of hydrogen-bond donors (Lipinski definition) is 2. The van der Waals surface area contributed by atoms with Crippen LogP contribution >= 0.6 is 0 Å². The number of nitrogens with zero attached hydrogens (tertiary/aromatic N) is 4. The number of aromatic nitrogens is 4. The van der Waals surface area contributed by atoms with Crippen molar-refractivity contribution in [3.8, 4) is 5.82 Å². The van der Waals surface area contributed by atoms with E-state index in [1.807, 2.05) is 50.2 Å². The third-order valence-corrected chi connectivity index (χ3v) is 4.22. The maximum atomic E-state index is 12.2. The molecule has 2 N–H and O–H groups in total. The van der Waals surface area contributed by atoms with Crippen molar-refractivity contribution < 1.29 is 4.79 Å². The molecule has 27 heavy (non-hydrogen) atoms. The third-order valence-electron chi connectivity index (χ3n) is 4.22. The molecule has 0 aliphatic carbocycles. The lowest BCUT2D eigenvalue weighted by atomic mass is 10.1. The molecule has 0 saturated carbocycles. The lowest BCUT2D eigenvalue weighted by Crippen LogP contribution is -2.28. The van der Waals surface area contributed by atoms with Crippen LogP contribution in [0.1, 0.15) is 34.2 Å². The van der Waals surface area contributed by atoms with Gasteiger partial charge < -0.3 is 10.6 Å². The van der Waals surface area contributed by atoms with Crippen LogP contribution in [0.25, 0.3) is 5.82 Å². The summed E-state index contributed by atoms with van der Waals surface area (Å²) in [4.78, 5) is 20.7. The van der Waals surface area contributed by atoms with Gasteiger partial charge in [-0.15, -0.1) is 0 Å². The molecule has 0 radical (unpaired) electrons. The van der Waals surface area contributed by atoms with Crippen molar-refractivity contribution in [2.75, 3.05) is 18.4 Å². The quantitative estimate of drug-likeness (QED) is 0.630. The van der Waals surface area contributed by atoms with E-state index in [9.17, 15) is 4.79 Å². The predicted molar refractivity (Wildman–Crippen MR) is 105 cm³/mol. The van der Waals surface area contributed by atoms with Crippen molar-refractivity contribution in [3.63, 3.8) is 0 Å². The van der Waals surface area contributed by atoms with Crippen LogP contribution in [0.15, 0.2) is 42.7 Å². The van der Waals surface area contributed by atoms with E-state index in [2.05, 4.69) is 32.6 Å². The van der Waals surface area contributed by atoms with E-state index in [0.717, 1.165) is 17.8 Å². The summed E-state index contributed by atoms with van der Waals surface area (Å²) in [7, 11) is 0. The lowest BCUT2D eigenvalue weighted by molar-refractivity contribution is 0.0955. The monoisotopic (exact) mass is 364 g/mol. The van der Waals surface area contributed by atoms with Gasteiger partial charge in [-0.25, -0.2) is 14.6 Å². The molecule has 0 bridgehead atoms. The van der Waals surface area contributed by atoms with Gasteiger partial charge in [0.05, 0.1) is 5.69 Å². The fourth-order valence-corrected chi connectivity index (χ4v) is 2.78. The normalized spacial score (nSPS) is 10.6. The smallest absolute Gasteiger partial charge is 0.251 e. The molecule has 3 aromatic rings. The molecule has 140 valence electrons. The van der Waals surface area contributed by atoms with Crippen LogP contribution in [0.5, 0.6) is 0 Å². The first-order chi connectivity index (χ1) is 13.1. The Kier molecular flexibility index (Phi) is 5.80. The summed E-state index contributed by atoms with van der Waals surface area (Å²) in [5.74, 6) is 1.32. The minimum absolute atomic E-state index is 0.0783. The van der Waals surface area contributed by atoms with Gasteiger partial charge in [0, 0.05) is 30.4 Å². The molecule has 3 rings (SSSR count). The highest BCUT2D eigenvalue weighted by Gasteiger charge is 2.07. The first-order valence-corrected chi connectivity index (χ1v) is 9.03. The summed E-state index contributed by atoms with van der Waals surface area (Å²) >= 11 is 0. The summed E-state index contributed by atoms with van der Waals surface area (Å²) in [6.45, 7) is 7.08. The number of nitrogens with one attached hydrogen (secondary N) is 2. The zero-order chi connectivity index (χ0) is 19.2. The Morgan fingerprint density at radius 2 is 1.85 bits per heavy atom. The fourth-order valence-electron chi connectivity index (χ4n) is 2.78. The van der Waals surface area contributed by atoms with Gasteiger partial charge >= 0.3 is 0 Å². The zero-order valence-electron chi connectivity index (χ0n) is 15.9. The Morgan fingerprint density at radius 3 is 2.52 bits per heavy atom. The topological polar surface area (TPSA) is 84.7 Å². The summed E-state index contributed by atoms with van der Waals surface area (Å²) < 4.78 is 1.78. The summed E-state index contributed by atoms with van der Waals surface area (Å²) in [6.07, 6.45) is 2.46. The SMILES string of the molecule is CCc1ccc(C(=O)NCCNc2cc(-n3nc(C)cc3C)ncn2)cc1. The minimum Gasteiger partial charge on any atom is -0.368 e. The number of hydrogen-bond acceptors (Lipinski definition) is 5. The molecule has 1 amide bonds. The van der Waals surface area contributed by atoms with Crippen molar-refractivity contribution >= 4 is 11.7 Å². The number of amides is 1. The molecule has 0 fully saturated rings. The van der Waals surface area contributed by atoms with Crippen LogP contribution in [0, 0.1) is 13.8 Å². The molecule has 0 spiro atoms. The van der Waals surface area contributed by atoms with Crippen LogP contribution < -0.4 is 10.6 Å². The van der Waals surface area contributed by atoms with Gasteiger partial charge in [-0.2, -0.15) is 5.10 Å². The molecule has 2 aromatic heterocycles. The van der Waals surface area contributed by atoms with Crippen LogP contribution in [0.4, 0.5) is 5.82 Å². The van der Waals surface area contributed by atoms with E-state index in [1.54, 1.807) is 4.68 Å². The predicted octanol–water partition coefficient (Wildman–Crippen LogP) is 2.68. The van der Waals surface area contributed by atoms with Gasteiger partial charge in [0.2, 0.25) is 0 Å². The van der Waals surface area contributed by atoms with Crippen LogP contribution in [-0.4, -0.2) is 38.7 Å². The van der Waals surface area contributed by atoms with Crippen LogP contribution in [0.2, 0.25) is 0 Å². The Labute approximate surface area is 158 Å². The molecule has 0 aliphatic heterocycles. The number of aryl methyl sites for hydroxylation is 3. The van der Waals surface area contributed by atoms with Gasteiger partial charge in [0.15, 0.2) is 5.82 Å². The van der Waals surface area contributed by atoms with E-state index >= 15 is 0 Å². The molecule has 2 heterocycles. The average molecular weight is 364 g/mol. The van der Waals surface area contributed by atoms with Crippen molar-refractivity contribution in [2.24, 2.45) is 0 Å². The van der Waals surface area contributed by atoms with E-state index in [-0.39, 0.29) is 5.91 Å². The molecular weight excluding hydrogens is 340 g/mol. The first kappa shape index (κ1) is 18.6. The van der Waals surface area contributed by atoms with Gasteiger partial charge in [0.25, 0.3) is 5.91 Å². The van der Waals surface area contributed by atoms with Crippen molar-refractivity contribution in [1.82, 2.24) is 25.1 Å². The van der Waals surface area contributed by atoms with Gasteiger partial charge in [-0.3, -0.25) is 4.79 Å². The summed E-state index contributed by atoms with van der Waals surface area (Å²) in [6, 6.07) is 11.5. The summed E-state index contributed by atoms with van der Waals surface area (Å²) in [5, 5.41) is 10.5. The number of carbonyl (C=O) groups is 1. The Morgan fingerprint density at radius 1 is 1.07 bits per heavy atom. The number of carbonyl (C=O) groups excluding carboxylic acids is 1. The van der Waals surface area contributed by atoms with E-state index < -0.39 is 0 Å². The Hall–Kier alpha value is -3.22. The maximum Gasteiger partial charge on any atom is 0.251 e. The lowest BCUT2D eigenvalue weighted by Gasteiger charge is -2.09. The first-order valence-electron chi connectivity index (χ1n) is 9.03. The molecule has 0 atom stereocenters. The maximum absolute atomic E-state index is 12.2. The third kappa shape index (κ3) is 4.69. The van der Waals surface area contributed by atoms with Gasteiger partial charge in [0.1, 0.15) is 12.1 Å². The van der Waals surface area contributed by atoms with Gasteiger partial charge in [-0.05, 0) is 44.0 Å². The van der Waals surface area contributed by atoms with Crippen LogP contribution in [-0.2, 0) is 6.42 Å². The highest BCUT2D eigenvalue weighted by molar-refractivity contribution is 5.94. The minimum atomic E-state index is -0.0783. The molecule has 7 heteroatoms. The number of rotatable bonds is 7. The molecule has 1 aromatic carbocycles. The largest absolute Gasteiger partial charge is 0.368 e. The second kappa shape index (κ2) is 8.44. The van der Waals surface area contributed by atoms with E-state index in [4.69, 9.17) is 0 Å². The summed E-state index contributed by atoms with van der Waals surface area (Å²) in [5.41, 5.74) is 3.84. The molecule has 0 aliphatic rings. The molecule has 0 saturated heterocycles. The molecule has 0 unspecified atom stereocenters. The zero-order valence-corrected chi connectivity index (χ0v) is 15.9. The standard InChI is InChI=1S/C20H24N6O/c1-4-16-5-7-17(8-6-16)20(27)22-10-9-21-18-12-19(24-13-23-18)26-15(3)11-14(2)25-26/h5-8,11-13H,4,9-10H2,1-3H3,(H,22,27)(H,21,23,24). The molecular formula is C20H24N6O. The second-order valence-electron chi connectivity index (χ2n) is 6.33. The van der Waals surface area contributed by atoms with Crippen LogP contribution in [0.3, 0.4) is 0 Å². The van der Waals surface area contributed by atoms with Crippen molar-refractivity contribution in [1.29, 1.82) is 0 Å². The van der Waals surface area contributed by atoms with Crippen molar-refractivity contribution in [2.45, 2.75) is 27.2 Å². The number of anilines is 1. The Bertz CT molecular complexity index is 916. The molecule has 7 nitrogen and oxygen atoms in total. The Balaban J connectivity index is 1.52. The highest BCUT2D eigenvalue weighted by Crippen LogP contribution is 2.12. The highest BCUT2D eigenvalue weighted by atomic mass is 16.1. The van der Waals surface area contributed by atoms with E-state index in [0.29, 0.717) is 30.3 Å². The number of benzene rings is 1. The van der Waals surface area contributed by atoms with Crippen molar-refractivity contribution in [3.05, 3.63) is 65.2 Å². The second-order valence-corrected chi connectivity index (χ2v) is 6.33.